The van der Waals surface area contributed by atoms with Crippen LogP contribution in [0.3, 0.4) is 0 Å². The molecule has 13 heteroatoms. The van der Waals surface area contributed by atoms with Crippen molar-refractivity contribution in [2.24, 2.45) is 5.92 Å². The summed E-state index contributed by atoms with van der Waals surface area (Å²) in [7, 11) is 0. The zero-order valence-corrected chi connectivity index (χ0v) is 25.8. The Labute approximate surface area is 261 Å². The molecule has 2 aliphatic heterocycles. The van der Waals surface area contributed by atoms with Crippen molar-refractivity contribution in [2.45, 2.75) is 70.7 Å². The molecule has 2 aromatic carbocycles. The number of carbonyl (C=O) groups excluding carboxylic acids is 5. The van der Waals surface area contributed by atoms with Gasteiger partial charge in [-0.25, -0.2) is 0 Å². The molecule has 0 aliphatic carbocycles. The Morgan fingerprint density at radius 2 is 1.58 bits per heavy atom. The van der Waals surface area contributed by atoms with Gasteiger partial charge in [-0.15, -0.1) is 0 Å². The minimum absolute atomic E-state index is 0.0104. The van der Waals surface area contributed by atoms with E-state index in [4.69, 9.17) is 0 Å². The van der Waals surface area contributed by atoms with Crippen LogP contribution in [-0.2, 0) is 36.9 Å². The van der Waals surface area contributed by atoms with E-state index in [1.807, 2.05) is 56.3 Å². The van der Waals surface area contributed by atoms with Crippen LogP contribution in [0.1, 0.15) is 39.2 Å². The maximum absolute atomic E-state index is 13.8. The second-order valence-electron chi connectivity index (χ2n) is 12.1. The summed E-state index contributed by atoms with van der Waals surface area (Å²) in [6.07, 6.45) is 1.45. The highest BCUT2D eigenvalue weighted by molar-refractivity contribution is 5.95. The van der Waals surface area contributed by atoms with Crippen molar-refractivity contribution < 1.29 is 24.0 Å². The van der Waals surface area contributed by atoms with E-state index >= 15 is 0 Å². The summed E-state index contributed by atoms with van der Waals surface area (Å²) in [6.45, 7) is 5.01. The van der Waals surface area contributed by atoms with Gasteiger partial charge in [-0.1, -0.05) is 56.3 Å². The molecule has 0 unspecified atom stereocenters. The molecule has 3 N–H and O–H groups in total. The molecule has 45 heavy (non-hydrogen) atoms. The first-order valence-corrected chi connectivity index (χ1v) is 15.4. The Balaban J connectivity index is 1.47. The number of carbonyl (C=O) groups is 5. The fraction of sp³-hybridized carbons (Fsp3) is 0.469. The number of nitrogens with zero attached hydrogens (tertiary/aromatic N) is 5. The highest BCUT2D eigenvalue weighted by atomic mass is 16.2. The van der Waals surface area contributed by atoms with Gasteiger partial charge < -0.3 is 25.8 Å². The lowest BCUT2D eigenvalue weighted by molar-refractivity contribution is -0.142. The summed E-state index contributed by atoms with van der Waals surface area (Å²) in [4.78, 5) is 71.8. The first kappa shape index (κ1) is 31.6. The number of hydrogen-bond donors (Lipinski definition) is 3. The summed E-state index contributed by atoms with van der Waals surface area (Å²) in [6, 6.07) is 13.6. The summed E-state index contributed by atoms with van der Waals surface area (Å²) < 4.78 is 0. The van der Waals surface area contributed by atoms with Gasteiger partial charge in [0.1, 0.15) is 35.7 Å². The Bertz CT molecular complexity index is 1520. The summed E-state index contributed by atoms with van der Waals surface area (Å²) in [5.74, 6) is -2.44. The molecule has 3 aromatic rings. The first-order chi connectivity index (χ1) is 21.6. The van der Waals surface area contributed by atoms with Crippen molar-refractivity contribution in [3.63, 3.8) is 0 Å². The quantitative estimate of drug-likeness (QED) is 0.380. The topological polar surface area (TPSA) is 159 Å². The Kier molecular flexibility index (Phi) is 9.74. The van der Waals surface area contributed by atoms with E-state index in [1.54, 1.807) is 19.1 Å². The minimum Gasteiger partial charge on any atom is -0.349 e. The predicted octanol–water partition coefficient (Wildman–Crippen LogP) is 0.638. The van der Waals surface area contributed by atoms with Gasteiger partial charge in [0.2, 0.25) is 29.5 Å². The van der Waals surface area contributed by atoms with Gasteiger partial charge >= 0.3 is 0 Å². The van der Waals surface area contributed by atoms with Gasteiger partial charge in [-0.05, 0) is 49.8 Å². The average Bonchev–Trinajstić information content (AvgIpc) is 3.66. The van der Waals surface area contributed by atoms with Gasteiger partial charge in [0.25, 0.3) is 0 Å². The van der Waals surface area contributed by atoms with Crippen LogP contribution in [0, 0.1) is 5.92 Å². The predicted molar refractivity (Wildman–Crippen MR) is 165 cm³/mol. The van der Waals surface area contributed by atoms with Crippen molar-refractivity contribution in [1.29, 1.82) is 0 Å². The lowest BCUT2D eigenvalue weighted by atomic mass is 10.0. The standard InChI is InChI=1S/C32H40N8O5/c1-20(2)29-31(44)34-23(16-22-10-5-4-6-11-22)17-38(28(42)19-40-36-24-12-7-8-13-25(24)37-40)18-27(41)33-21(3)32(45)39-15-9-14-26(39)30(43)35-29/h4-8,10-13,20-21,23,26,29H,9,14-19H2,1-3H3,(H,33,41)(H,34,44)(H,35,43)/t21-,23-,26+,29-/m0/s1. The first-order valence-electron chi connectivity index (χ1n) is 15.4. The van der Waals surface area contributed by atoms with Crippen LogP contribution < -0.4 is 16.0 Å². The van der Waals surface area contributed by atoms with Crippen LogP contribution in [0.15, 0.2) is 54.6 Å². The van der Waals surface area contributed by atoms with Gasteiger partial charge in [0.05, 0.1) is 12.6 Å². The van der Waals surface area contributed by atoms with Crippen molar-refractivity contribution in [2.75, 3.05) is 19.6 Å². The van der Waals surface area contributed by atoms with E-state index in [0.29, 0.717) is 36.8 Å². The average molecular weight is 617 g/mol. The zero-order valence-electron chi connectivity index (χ0n) is 25.8. The number of hydrogen-bond acceptors (Lipinski definition) is 7. The van der Waals surface area contributed by atoms with Crippen molar-refractivity contribution in [1.82, 2.24) is 40.7 Å². The minimum atomic E-state index is -0.924. The van der Waals surface area contributed by atoms with Gasteiger partial charge in [0.15, 0.2) is 0 Å². The molecule has 0 bridgehead atoms. The van der Waals surface area contributed by atoms with Gasteiger partial charge in [0, 0.05) is 13.1 Å². The molecule has 2 fully saturated rings. The molecule has 4 atom stereocenters. The number of aromatic nitrogens is 3. The highest BCUT2D eigenvalue weighted by Gasteiger charge is 2.39. The molecule has 13 nitrogen and oxygen atoms in total. The number of benzene rings is 2. The molecular formula is C32H40N8O5. The molecule has 5 amide bonds. The van der Waals surface area contributed by atoms with Crippen molar-refractivity contribution >= 4 is 40.6 Å². The highest BCUT2D eigenvalue weighted by Crippen LogP contribution is 2.20. The second kappa shape index (κ2) is 13.9. The Hall–Kier alpha value is -4.81. The third-order valence-corrected chi connectivity index (χ3v) is 8.24. The van der Waals surface area contributed by atoms with E-state index in [9.17, 15) is 24.0 Å². The van der Waals surface area contributed by atoms with E-state index in [-0.39, 0.29) is 25.6 Å². The molecule has 0 saturated carbocycles. The monoisotopic (exact) mass is 616 g/mol. The van der Waals surface area contributed by atoms with Crippen molar-refractivity contribution in [3.05, 3.63) is 60.2 Å². The molecule has 238 valence electrons. The SMILES string of the molecule is CC(C)[C@@H]1NC(=O)[C@H]2CCCN2C(=O)[C@H](C)NC(=O)CN(C(=O)Cn2nc3ccccc3n2)C[C@H](Cc2ccccc2)NC1=O. The molecule has 2 saturated heterocycles. The van der Waals surface area contributed by atoms with Gasteiger partial charge in [-0.2, -0.15) is 15.0 Å². The maximum atomic E-state index is 13.8. The number of amides is 5. The van der Waals surface area contributed by atoms with E-state index < -0.39 is 53.7 Å². The molecule has 2 aliphatic rings. The largest absolute Gasteiger partial charge is 0.349 e. The number of rotatable bonds is 5. The molecule has 0 spiro atoms. The summed E-state index contributed by atoms with van der Waals surface area (Å²) in [5, 5.41) is 17.4. The lowest BCUT2D eigenvalue weighted by Crippen LogP contribution is -2.58. The van der Waals surface area contributed by atoms with Crippen LogP contribution in [0.5, 0.6) is 0 Å². The van der Waals surface area contributed by atoms with Crippen molar-refractivity contribution in [3.8, 4) is 0 Å². The van der Waals surface area contributed by atoms with Crippen LogP contribution in [-0.4, -0.2) is 98.1 Å². The molecule has 0 radical (unpaired) electrons. The molecular weight excluding hydrogens is 576 g/mol. The summed E-state index contributed by atoms with van der Waals surface area (Å²) >= 11 is 0. The van der Waals surface area contributed by atoms with Crippen LogP contribution in [0.4, 0.5) is 0 Å². The van der Waals surface area contributed by atoms with Crippen LogP contribution in [0.25, 0.3) is 11.0 Å². The van der Waals surface area contributed by atoms with E-state index in [0.717, 1.165) is 5.56 Å². The molecule has 5 rings (SSSR count). The smallest absolute Gasteiger partial charge is 0.246 e. The van der Waals surface area contributed by atoms with E-state index in [1.165, 1.54) is 14.6 Å². The molecule has 1 aromatic heterocycles. The normalized spacial score (nSPS) is 23.6. The lowest BCUT2D eigenvalue weighted by Gasteiger charge is -2.30. The summed E-state index contributed by atoms with van der Waals surface area (Å²) in [5.41, 5.74) is 2.18. The fourth-order valence-corrected chi connectivity index (χ4v) is 5.93. The zero-order chi connectivity index (χ0) is 32.1. The number of fused-ring (bicyclic) bond motifs is 2. The van der Waals surface area contributed by atoms with Crippen LogP contribution in [0.2, 0.25) is 0 Å². The van der Waals surface area contributed by atoms with Crippen LogP contribution >= 0.6 is 0 Å². The number of nitrogens with one attached hydrogen (secondary N) is 3. The Morgan fingerprint density at radius 1 is 0.911 bits per heavy atom. The second-order valence-corrected chi connectivity index (χ2v) is 12.1. The fourth-order valence-electron chi connectivity index (χ4n) is 5.93. The molecule has 3 heterocycles. The third-order valence-electron chi connectivity index (χ3n) is 8.24. The van der Waals surface area contributed by atoms with Gasteiger partial charge in [-0.3, -0.25) is 24.0 Å². The Morgan fingerprint density at radius 3 is 2.24 bits per heavy atom. The maximum Gasteiger partial charge on any atom is 0.246 e. The third kappa shape index (κ3) is 7.65. The van der Waals surface area contributed by atoms with E-state index in [2.05, 4.69) is 26.1 Å².